The quantitative estimate of drug-likeness (QED) is 0.330. The lowest BCUT2D eigenvalue weighted by Gasteiger charge is -2.36. The third kappa shape index (κ3) is 5.05. The molecule has 3 rings (SSSR count). The monoisotopic (exact) mass is 478 g/mol. The fourth-order valence-corrected chi connectivity index (χ4v) is 5.59. The molecule has 4 amide bonds. The summed E-state index contributed by atoms with van der Waals surface area (Å²) in [6, 6.07) is -0.516. The number of amides is 4. The fraction of sp³-hybridized carbons (Fsp3) is 0.696. The van der Waals surface area contributed by atoms with E-state index < -0.39 is 17.5 Å². The average Bonchev–Trinajstić information content (AvgIpc) is 3.27. The maximum Gasteiger partial charge on any atom is 0.350 e. The largest absolute Gasteiger partial charge is 0.462 e. The van der Waals surface area contributed by atoms with Gasteiger partial charge in [0.1, 0.15) is 17.0 Å². The second-order valence-corrected chi connectivity index (χ2v) is 9.80. The lowest BCUT2D eigenvalue weighted by Crippen LogP contribution is -2.54. The van der Waals surface area contributed by atoms with Crippen LogP contribution in [0.2, 0.25) is 0 Å². The summed E-state index contributed by atoms with van der Waals surface area (Å²) < 4.78 is 5.09. The van der Waals surface area contributed by atoms with E-state index in [0.717, 1.165) is 54.8 Å². The van der Waals surface area contributed by atoms with Crippen molar-refractivity contribution < 1.29 is 23.9 Å². The number of ether oxygens (including phenoxy) is 1. The molecule has 2 fully saturated rings. The first kappa shape index (κ1) is 25.1. The van der Waals surface area contributed by atoms with Crippen LogP contribution >= 0.6 is 11.3 Å². The Bertz CT molecular complexity index is 917. The highest BCUT2D eigenvalue weighted by Crippen LogP contribution is 2.38. The number of nitrogens with one attached hydrogen (secondary N) is 1. The van der Waals surface area contributed by atoms with Gasteiger partial charge in [-0.05, 0) is 39.0 Å². The van der Waals surface area contributed by atoms with Crippen molar-refractivity contribution in [2.24, 2.45) is 5.92 Å². The Balaban J connectivity index is 1.81. The Morgan fingerprint density at radius 3 is 2.70 bits per heavy atom. The minimum absolute atomic E-state index is 0.0252. The van der Waals surface area contributed by atoms with Gasteiger partial charge in [-0.25, -0.2) is 14.6 Å². The molecule has 1 saturated heterocycles. The first-order valence-corrected chi connectivity index (χ1v) is 12.7. The van der Waals surface area contributed by atoms with Crippen molar-refractivity contribution >= 4 is 40.3 Å². The lowest BCUT2D eigenvalue weighted by atomic mass is 9.73. The van der Waals surface area contributed by atoms with Gasteiger partial charge < -0.3 is 10.1 Å². The van der Waals surface area contributed by atoms with Crippen LogP contribution in [0.25, 0.3) is 0 Å². The van der Waals surface area contributed by atoms with Gasteiger partial charge in [-0.1, -0.05) is 50.9 Å². The van der Waals surface area contributed by atoms with E-state index in [9.17, 15) is 19.2 Å². The van der Waals surface area contributed by atoms with E-state index in [4.69, 9.17) is 4.74 Å². The van der Waals surface area contributed by atoms with Crippen LogP contribution in [-0.4, -0.2) is 58.9 Å². The summed E-state index contributed by atoms with van der Waals surface area (Å²) in [5.74, 6) is -1.15. The van der Waals surface area contributed by atoms with Crippen molar-refractivity contribution in [3.63, 3.8) is 0 Å². The number of urea groups is 1. The third-order valence-electron chi connectivity index (χ3n) is 6.56. The first-order chi connectivity index (χ1) is 15.7. The van der Waals surface area contributed by atoms with Crippen LogP contribution in [0, 0.1) is 12.8 Å². The van der Waals surface area contributed by atoms with E-state index in [2.05, 4.69) is 17.2 Å². The molecule has 9 nitrogen and oxygen atoms in total. The molecule has 10 heteroatoms. The number of carbonyl (C=O) groups excluding carboxylic acids is 4. The molecule has 0 bridgehead atoms. The Hall–Kier alpha value is -2.49. The zero-order valence-corrected chi connectivity index (χ0v) is 20.8. The van der Waals surface area contributed by atoms with Gasteiger partial charge in [-0.3, -0.25) is 19.4 Å². The van der Waals surface area contributed by atoms with Gasteiger partial charge in [-0.2, -0.15) is 0 Å². The van der Waals surface area contributed by atoms with Crippen LogP contribution in [0.1, 0.15) is 81.1 Å². The number of hydrogen-bond acceptors (Lipinski definition) is 7. The summed E-state index contributed by atoms with van der Waals surface area (Å²) in [6.45, 7) is 7.77. The zero-order chi connectivity index (χ0) is 24.2. The van der Waals surface area contributed by atoms with E-state index in [1.807, 2.05) is 6.92 Å². The van der Waals surface area contributed by atoms with E-state index in [1.54, 1.807) is 13.8 Å². The Labute approximate surface area is 198 Å². The molecule has 182 valence electrons. The SMILES string of the molecule is CCCCCN(C(=O)CN1C(=O)NC2(CCCCC2C)C1=O)c1nc(C)c(C(=O)OCC)s1. The molecule has 1 aliphatic carbocycles. The molecular weight excluding hydrogens is 444 g/mol. The van der Waals surface area contributed by atoms with Crippen LogP contribution in [0.15, 0.2) is 0 Å². The second-order valence-electron chi connectivity index (χ2n) is 8.82. The molecule has 2 unspecified atom stereocenters. The molecule has 1 aromatic heterocycles. The van der Waals surface area contributed by atoms with Crippen molar-refractivity contribution in [3.05, 3.63) is 10.6 Å². The molecule has 0 aromatic carbocycles. The predicted octanol–water partition coefficient (Wildman–Crippen LogP) is 3.65. The maximum absolute atomic E-state index is 13.4. The molecule has 1 saturated carbocycles. The second kappa shape index (κ2) is 10.6. The minimum Gasteiger partial charge on any atom is -0.462 e. The predicted molar refractivity (Wildman–Crippen MR) is 125 cm³/mol. The van der Waals surface area contributed by atoms with Crippen LogP contribution in [0.3, 0.4) is 0 Å². The molecule has 1 aromatic rings. The molecule has 1 spiro atoms. The van der Waals surface area contributed by atoms with Crippen LogP contribution < -0.4 is 10.2 Å². The van der Waals surface area contributed by atoms with E-state index >= 15 is 0 Å². The molecule has 1 aliphatic heterocycles. The molecule has 33 heavy (non-hydrogen) atoms. The van der Waals surface area contributed by atoms with Crippen molar-refractivity contribution in [1.29, 1.82) is 0 Å². The van der Waals surface area contributed by atoms with Crippen LogP contribution in [0.4, 0.5) is 9.93 Å². The number of hydrogen-bond donors (Lipinski definition) is 1. The number of anilines is 1. The van der Waals surface area contributed by atoms with Gasteiger partial charge in [0.2, 0.25) is 5.91 Å². The number of aryl methyl sites for hydroxylation is 1. The topological polar surface area (TPSA) is 109 Å². The van der Waals surface area contributed by atoms with Gasteiger partial charge in [0.25, 0.3) is 5.91 Å². The molecular formula is C23H34N4O5S. The van der Waals surface area contributed by atoms with E-state index in [1.165, 1.54) is 4.90 Å². The summed E-state index contributed by atoms with van der Waals surface area (Å²) in [5, 5.41) is 3.27. The van der Waals surface area contributed by atoms with Crippen molar-refractivity contribution in [2.75, 3.05) is 24.6 Å². The number of imide groups is 1. The maximum atomic E-state index is 13.4. The Morgan fingerprint density at radius 2 is 2.03 bits per heavy atom. The van der Waals surface area contributed by atoms with E-state index in [0.29, 0.717) is 28.7 Å². The van der Waals surface area contributed by atoms with Gasteiger partial charge in [-0.15, -0.1) is 0 Å². The Morgan fingerprint density at radius 1 is 1.27 bits per heavy atom. The summed E-state index contributed by atoms with van der Waals surface area (Å²) in [6.07, 6.45) is 6.00. The average molecular weight is 479 g/mol. The number of aromatic nitrogens is 1. The number of esters is 1. The normalized spacial score (nSPS) is 22.5. The summed E-state index contributed by atoms with van der Waals surface area (Å²) in [7, 11) is 0. The van der Waals surface area contributed by atoms with Crippen molar-refractivity contribution in [2.45, 2.75) is 78.2 Å². The zero-order valence-electron chi connectivity index (χ0n) is 19.9. The molecule has 2 heterocycles. The number of nitrogens with zero attached hydrogens (tertiary/aromatic N) is 3. The number of thiazole rings is 1. The smallest absolute Gasteiger partial charge is 0.350 e. The van der Waals surface area contributed by atoms with Crippen molar-refractivity contribution in [3.8, 4) is 0 Å². The summed E-state index contributed by atoms with van der Waals surface area (Å²) in [4.78, 5) is 58.9. The standard InChI is InChI=1S/C23H34N4O5S/c1-5-7-10-13-26(22-24-16(4)18(33-22)19(29)32-6-2)17(28)14-27-20(30)23(25-21(27)31)12-9-8-11-15(23)3/h15H,5-14H2,1-4H3,(H,25,31). The number of unbranched alkanes of at least 4 members (excludes halogenated alkanes) is 2. The number of rotatable bonds is 9. The van der Waals surface area contributed by atoms with Crippen molar-refractivity contribution in [1.82, 2.24) is 15.2 Å². The summed E-state index contributed by atoms with van der Waals surface area (Å²) in [5.41, 5.74) is -0.413. The summed E-state index contributed by atoms with van der Waals surface area (Å²) >= 11 is 1.10. The van der Waals surface area contributed by atoms with Gasteiger partial charge >= 0.3 is 12.0 Å². The van der Waals surface area contributed by atoms with Crippen LogP contribution in [0.5, 0.6) is 0 Å². The molecule has 1 N–H and O–H groups in total. The third-order valence-corrected chi connectivity index (χ3v) is 7.72. The molecule has 2 atom stereocenters. The van der Waals surface area contributed by atoms with E-state index in [-0.39, 0.29) is 30.9 Å². The van der Waals surface area contributed by atoms with Crippen LogP contribution in [-0.2, 0) is 14.3 Å². The highest BCUT2D eigenvalue weighted by molar-refractivity contribution is 7.17. The molecule has 2 aliphatic rings. The minimum atomic E-state index is -0.905. The van der Waals surface area contributed by atoms with Gasteiger partial charge in [0.15, 0.2) is 5.13 Å². The van der Waals surface area contributed by atoms with Gasteiger partial charge in [0.05, 0.1) is 12.3 Å². The molecule has 0 radical (unpaired) electrons. The highest BCUT2D eigenvalue weighted by Gasteiger charge is 2.55. The first-order valence-electron chi connectivity index (χ1n) is 11.8. The van der Waals surface area contributed by atoms with Gasteiger partial charge in [0, 0.05) is 6.54 Å². The fourth-order valence-electron chi connectivity index (χ4n) is 4.59. The Kier molecular flexibility index (Phi) is 8.10. The lowest BCUT2D eigenvalue weighted by molar-refractivity contribution is -0.136. The number of carbonyl (C=O) groups is 4. The highest BCUT2D eigenvalue weighted by atomic mass is 32.1.